The second-order valence-corrected chi connectivity index (χ2v) is 5.75. The Labute approximate surface area is 125 Å². The lowest BCUT2D eigenvalue weighted by molar-refractivity contribution is -0.116. The zero-order chi connectivity index (χ0) is 14.5. The number of carbonyl (C=O) groups excluding carboxylic acids is 1. The predicted octanol–water partition coefficient (Wildman–Crippen LogP) is 4.93. The minimum atomic E-state index is -0.247. The lowest BCUT2D eigenvalue weighted by Crippen LogP contribution is -2.18. The van der Waals surface area contributed by atoms with E-state index in [0.717, 1.165) is 0 Å². The second kappa shape index (κ2) is 6.71. The molecule has 0 bridgehead atoms. The molecule has 2 aromatic rings. The smallest absolute Gasteiger partial charge is 0.225 e. The first-order valence-corrected chi connectivity index (χ1v) is 7.30. The first-order valence-electron chi connectivity index (χ1n) is 6.92. The normalized spacial score (nSPS) is 12.4. The maximum atomic E-state index is 11.6. The van der Waals surface area contributed by atoms with Crippen molar-refractivity contribution in [2.24, 2.45) is 11.8 Å². The highest BCUT2D eigenvalue weighted by Crippen LogP contribution is 2.28. The van der Waals surface area contributed by atoms with Gasteiger partial charge in [0.15, 0.2) is 0 Å². The van der Waals surface area contributed by atoms with Gasteiger partial charge in [0, 0.05) is 5.92 Å². The fourth-order valence-corrected chi connectivity index (χ4v) is 2.74. The monoisotopic (exact) mass is 286 g/mol. The largest absolute Gasteiger partial charge is 0.281 e. The SMILES string of the molecule is CC(C)C(Cc1ccccc1-c1ccccc1)C(=O)Cl. The van der Waals surface area contributed by atoms with Crippen LogP contribution in [0.4, 0.5) is 0 Å². The van der Waals surface area contributed by atoms with Gasteiger partial charge in [-0.15, -0.1) is 0 Å². The van der Waals surface area contributed by atoms with Crippen LogP contribution in [0.15, 0.2) is 54.6 Å². The quantitative estimate of drug-likeness (QED) is 0.712. The van der Waals surface area contributed by atoms with Gasteiger partial charge in [-0.2, -0.15) is 0 Å². The molecular weight excluding hydrogens is 268 g/mol. The maximum Gasteiger partial charge on any atom is 0.225 e. The molecule has 0 saturated heterocycles. The molecule has 0 aliphatic rings. The summed E-state index contributed by atoms with van der Waals surface area (Å²) in [5.41, 5.74) is 3.52. The minimum absolute atomic E-state index is 0.137. The third-order valence-corrected chi connectivity index (χ3v) is 3.92. The van der Waals surface area contributed by atoms with Crippen molar-refractivity contribution in [3.8, 4) is 11.1 Å². The van der Waals surface area contributed by atoms with Gasteiger partial charge in [0.25, 0.3) is 0 Å². The Morgan fingerprint density at radius 2 is 1.60 bits per heavy atom. The summed E-state index contributed by atoms with van der Waals surface area (Å²) in [4.78, 5) is 11.6. The maximum absolute atomic E-state index is 11.6. The van der Waals surface area contributed by atoms with E-state index in [2.05, 4.69) is 24.3 Å². The topological polar surface area (TPSA) is 17.1 Å². The minimum Gasteiger partial charge on any atom is -0.281 e. The van der Waals surface area contributed by atoms with E-state index in [9.17, 15) is 4.79 Å². The second-order valence-electron chi connectivity index (χ2n) is 5.38. The van der Waals surface area contributed by atoms with Crippen LogP contribution in [0.5, 0.6) is 0 Å². The highest BCUT2D eigenvalue weighted by Gasteiger charge is 2.22. The third kappa shape index (κ3) is 3.49. The summed E-state index contributed by atoms with van der Waals surface area (Å²) in [6, 6.07) is 18.5. The van der Waals surface area contributed by atoms with Crippen LogP contribution in [0.25, 0.3) is 11.1 Å². The van der Waals surface area contributed by atoms with Gasteiger partial charge >= 0.3 is 0 Å². The fraction of sp³-hybridized carbons (Fsp3) is 0.278. The summed E-state index contributed by atoms with van der Waals surface area (Å²) in [5, 5.41) is -0.247. The van der Waals surface area contributed by atoms with Crippen LogP contribution in [-0.4, -0.2) is 5.24 Å². The number of hydrogen-bond acceptors (Lipinski definition) is 1. The molecule has 20 heavy (non-hydrogen) atoms. The summed E-state index contributed by atoms with van der Waals surface area (Å²) >= 11 is 5.75. The number of halogens is 1. The summed E-state index contributed by atoms with van der Waals surface area (Å²) < 4.78 is 0. The first kappa shape index (κ1) is 14.8. The number of carbonyl (C=O) groups is 1. The molecule has 0 spiro atoms. The van der Waals surface area contributed by atoms with E-state index >= 15 is 0 Å². The molecule has 1 unspecified atom stereocenters. The lowest BCUT2D eigenvalue weighted by atomic mass is 9.87. The molecule has 0 aliphatic heterocycles. The van der Waals surface area contributed by atoms with Gasteiger partial charge in [0.05, 0.1) is 0 Å². The van der Waals surface area contributed by atoms with Crippen molar-refractivity contribution in [3.63, 3.8) is 0 Å². The van der Waals surface area contributed by atoms with Gasteiger partial charge in [0.1, 0.15) is 0 Å². The van der Waals surface area contributed by atoms with Gasteiger partial charge in [0.2, 0.25) is 5.24 Å². The van der Waals surface area contributed by atoms with Crippen LogP contribution in [-0.2, 0) is 11.2 Å². The number of benzene rings is 2. The van der Waals surface area contributed by atoms with Crippen LogP contribution in [0.3, 0.4) is 0 Å². The van der Waals surface area contributed by atoms with Crippen molar-refractivity contribution in [3.05, 3.63) is 60.2 Å². The molecule has 2 heteroatoms. The Kier molecular flexibility index (Phi) is 4.97. The van der Waals surface area contributed by atoms with E-state index in [0.29, 0.717) is 6.42 Å². The van der Waals surface area contributed by atoms with E-state index in [1.807, 2.05) is 44.2 Å². The molecule has 1 nitrogen and oxygen atoms in total. The molecule has 0 heterocycles. The van der Waals surface area contributed by atoms with Crippen molar-refractivity contribution >= 4 is 16.8 Å². The summed E-state index contributed by atoms with van der Waals surface area (Å²) in [7, 11) is 0. The van der Waals surface area contributed by atoms with Crippen LogP contribution < -0.4 is 0 Å². The summed E-state index contributed by atoms with van der Waals surface area (Å²) in [5.74, 6) is 0.102. The van der Waals surface area contributed by atoms with E-state index in [4.69, 9.17) is 11.6 Å². The summed E-state index contributed by atoms with van der Waals surface area (Å²) in [6.45, 7) is 4.08. The molecule has 104 valence electrons. The molecule has 0 fully saturated rings. The molecule has 0 amide bonds. The summed E-state index contributed by atoms with van der Waals surface area (Å²) in [6.07, 6.45) is 0.686. The van der Waals surface area contributed by atoms with Crippen molar-refractivity contribution < 1.29 is 4.79 Å². The molecule has 2 rings (SSSR count). The van der Waals surface area contributed by atoms with Gasteiger partial charge in [-0.05, 0) is 40.6 Å². The first-order chi connectivity index (χ1) is 9.59. The molecule has 2 aromatic carbocycles. The molecular formula is C18H19ClO. The molecule has 0 aromatic heterocycles. The molecule has 1 atom stereocenters. The van der Waals surface area contributed by atoms with Crippen molar-refractivity contribution in [2.45, 2.75) is 20.3 Å². The molecule has 0 aliphatic carbocycles. The Balaban J connectivity index is 2.36. The van der Waals surface area contributed by atoms with Crippen molar-refractivity contribution in [1.29, 1.82) is 0 Å². The van der Waals surface area contributed by atoms with Crippen LogP contribution in [0.1, 0.15) is 19.4 Å². The van der Waals surface area contributed by atoms with Crippen molar-refractivity contribution in [2.75, 3.05) is 0 Å². The Hall–Kier alpha value is -1.60. The Bertz CT molecular complexity index is 575. The standard InChI is InChI=1S/C18H19ClO/c1-13(2)17(18(19)20)12-15-10-6-7-11-16(15)14-8-4-3-5-9-14/h3-11,13,17H,12H2,1-2H3. The molecule has 0 radical (unpaired) electrons. The zero-order valence-electron chi connectivity index (χ0n) is 11.8. The number of rotatable bonds is 5. The molecule has 0 saturated carbocycles. The van der Waals surface area contributed by atoms with E-state index < -0.39 is 0 Å². The van der Waals surface area contributed by atoms with Gasteiger partial charge in [-0.1, -0.05) is 68.4 Å². The van der Waals surface area contributed by atoms with Gasteiger partial charge in [-0.25, -0.2) is 0 Å². The molecule has 0 N–H and O–H groups in total. The van der Waals surface area contributed by atoms with Gasteiger partial charge in [-0.3, -0.25) is 4.79 Å². The lowest BCUT2D eigenvalue weighted by Gasteiger charge is -2.18. The van der Waals surface area contributed by atoms with Gasteiger partial charge < -0.3 is 0 Å². The Morgan fingerprint density at radius 1 is 1.00 bits per heavy atom. The van der Waals surface area contributed by atoms with Crippen LogP contribution in [0.2, 0.25) is 0 Å². The third-order valence-electron chi connectivity index (χ3n) is 3.64. The van der Waals surface area contributed by atoms with Crippen LogP contribution >= 0.6 is 11.6 Å². The Morgan fingerprint density at radius 3 is 2.20 bits per heavy atom. The zero-order valence-corrected chi connectivity index (χ0v) is 12.6. The van der Waals surface area contributed by atoms with Crippen LogP contribution in [0, 0.1) is 11.8 Å². The average molecular weight is 287 g/mol. The highest BCUT2D eigenvalue weighted by molar-refractivity contribution is 6.64. The van der Waals surface area contributed by atoms with Crippen molar-refractivity contribution in [1.82, 2.24) is 0 Å². The van der Waals surface area contributed by atoms with E-state index in [1.54, 1.807) is 0 Å². The van der Waals surface area contributed by atoms with E-state index in [-0.39, 0.29) is 17.1 Å². The average Bonchev–Trinajstić information content (AvgIpc) is 2.45. The highest BCUT2D eigenvalue weighted by atomic mass is 35.5. The number of hydrogen-bond donors (Lipinski definition) is 0. The van der Waals surface area contributed by atoms with E-state index in [1.165, 1.54) is 16.7 Å². The predicted molar refractivity (Wildman–Crippen MR) is 84.8 cm³/mol. The fourth-order valence-electron chi connectivity index (χ4n) is 2.41.